The number of ketones is 1. The van der Waals surface area contributed by atoms with Crippen LogP contribution in [-0.4, -0.2) is 11.5 Å². The van der Waals surface area contributed by atoms with E-state index >= 15 is 0 Å². The van der Waals surface area contributed by atoms with Crippen LogP contribution >= 0.6 is 11.8 Å². The normalized spacial score (nSPS) is 18.4. The van der Waals surface area contributed by atoms with Gasteiger partial charge < -0.3 is 0 Å². The van der Waals surface area contributed by atoms with Crippen LogP contribution in [-0.2, 0) is 4.79 Å². The molecular formula is C15H20OS. The van der Waals surface area contributed by atoms with E-state index < -0.39 is 0 Å². The van der Waals surface area contributed by atoms with Crippen molar-refractivity contribution in [2.75, 3.05) is 5.75 Å². The van der Waals surface area contributed by atoms with Crippen LogP contribution < -0.4 is 0 Å². The van der Waals surface area contributed by atoms with Gasteiger partial charge in [0, 0.05) is 17.1 Å². The van der Waals surface area contributed by atoms with Gasteiger partial charge in [0.05, 0.1) is 5.92 Å². The van der Waals surface area contributed by atoms with Crippen LogP contribution in [0.2, 0.25) is 0 Å². The molecule has 1 atom stereocenters. The Morgan fingerprint density at radius 2 is 2.06 bits per heavy atom. The SMILES string of the molecule is CCC(CC)CC(=O)C1CSc2ccccc21. The van der Waals surface area contributed by atoms with Gasteiger partial charge >= 0.3 is 0 Å². The van der Waals surface area contributed by atoms with Gasteiger partial charge in [-0.3, -0.25) is 4.79 Å². The maximum atomic E-state index is 12.3. The van der Waals surface area contributed by atoms with E-state index in [0.29, 0.717) is 11.7 Å². The molecule has 0 N–H and O–H groups in total. The van der Waals surface area contributed by atoms with Gasteiger partial charge in [-0.25, -0.2) is 0 Å². The quantitative estimate of drug-likeness (QED) is 0.774. The average Bonchev–Trinajstić information content (AvgIpc) is 2.79. The molecule has 0 saturated heterocycles. The third kappa shape index (κ3) is 2.74. The van der Waals surface area contributed by atoms with Crippen molar-refractivity contribution >= 4 is 17.5 Å². The van der Waals surface area contributed by atoms with Gasteiger partial charge in [0.1, 0.15) is 5.78 Å². The van der Waals surface area contributed by atoms with Gasteiger partial charge in [-0.15, -0.1) is 11.8 Å². The van der Waals surface area contributed by atoms with Crippen molar-refractivity contribution in [3.63, 3.8) is 0 Å². The fourth-order valence-corrected chi connectivity index (χ4v) is 3.70. The fraction of sp³-hybridized carbons (Fsp3) is 0.533. The predicted octanol–water partition coefficient (Wildman–Crippen LogP) is 4.27. The molecule has 1 aliphatic rings. The van der Waals surface area contributed by atoms with Crippen molar-refractivity contribution in [2.24, 2.45) is 5.92 Å². The van der Waals surface area contributed by atoms with E-state index in [2.05, 4.69) is 32.0 Å². The largest absolute Gasteiger partial charge is 0.299 e. The molecule has 92 valence electrons. The first-order chi connectivity index (χ1) is 8.26. The number of Topliss-reactive ketones (excluding diaryl/α,β-unsaturated/α-hetero) is 1. The highest BCUT2D eigenvalue weighted by Gasteiger charge is 2.29. The highest BCUT2D eigenvalue weighted by molar-refractivity contribution is 7.99. The van der Waals surface area contributed by atoms with Gasteiger partial charge in [-0.05, 0) is 17.5 Å². The first kappa shape index (κ1) is 12.7. The summed E-state index contributed by atoms with van der Waals surface area (Å²) < 4.78 is 0. The molecule has 17 heavy (non-hydrogen) atoms. The van der Waals surface area contributed by atoms with Gasteiger partial charge in [-0.1, -0.05) is 44.9 Å². The standard InChI is InChI=1S/C15H20OS/c1-3-11(4-2)9-14(16)13-10-17-15-8-6-5-7-12(13)15/h5-8,11,13H,3-4,9-10H2,1-2H3. The lowest BCUT2D eigenvalue weighted by atomic mass is 9.88. The maximum absolute atomic E-state index is 12.3. The molecule has 1 aliphatic heterocycles. The van der Waals surface area contributed by atoms with E-state index in [1.807, 2.05) is 17.8 Å². The van der Waals surface area contributed by atoms with E-state index in [9.17, 15) is 4.79 Å². The third-order valence-corrected chi connectivity index (χ3v) is 4.92. The summed E-state index contributed by atoms with van der Waals surface area (Å²) in [6.07, 6.45) is 2.99. The van der Waals surface area contributed by atoms with Gasteiger partial charge in [0.15, 0.2) is 0 Å². The van der Waals surface area contributed by atoms with Crippen molar-refractivity contribution in [3.05, 3.63) is 29.8 Å². The second kappa shape index (κ2) is 5.72. The smallest absolute Gasteiger partial charge is 0.141 e. The summed E-state index contributed by atoms with van der Waals surface area (Å²) >= 11 is 1.83. The number of carbonyl (C=O) groups excluding carboxylic acids is 1. The Labute approximate surface area is 108 Å². The number of rotatable bonds is 5. The van der Waals surface area contributed by atoms with Crippen molar-refractivity contribution < 1.29 is 4.79 Å². The topological polar surface area (TPSA) is 17.1 Å². The van der Waals surface area contributed by atoms with Crippen LogP contribution in [0.15, 0.2) is 29.2 Å². The molecule has 0 aromatic heterocycles. The molecule has 0 fully saturated rings. The second-order valence-corrected chi connectivity index (χ2v) is 5.82. The average molecular weight is 248 g/mol. The van der Waals surface area contributed by atoms with Crippen molar-refractivity contribution in [3.8, 4) is 0 Å². The van der Waals surface area contributed by atoms with Crippen molar-refractivity contribution in [2.45, 2.75) is 43.9 Å². The molecule has 2 rings (SSSR count). The van der Waals surface area contributed by atoms with E-state index in [-0.39, 0.29) is 5.92 Å². The molecule has 1 aromatic carbocycles. The minimum absolute atomic E-state index is 0.150. The minimum Gasteiger partial charge on any atom is -0.299 e. The van der Waals surface area contributed by atoms with E-state index in [1.165, 1.54) is 10.5 Å². The molecule has 2 heteroatoms. The van der Waals surface area contributed by atoms with Crippen LogP contribution in [0.4, 0.5) is 0 Å². The monoisotopic (exact) mass is 248 g/mol. The molecule has 0 aliphatic carbocycles. The number of carbonyl (C=O) groups is 1. The van der Waals surface area contributed by atoms with Crippen LogP contribution in [0.3, 0.4) is 0 Å². The molecular weight excluding hydrogens is 228 g/mol. The molecule has 1 heterocycles. The number of fused-ring (bicyclic) bond motifs is 1. The highest BCUT2D eigenvalue weighted by atomic mass is 32.2. The zero-order valence-electron chi connectivity index (χ0n) is 10.6. The minimum atomic E-state index is 0.150. The first-order valence-corrected chi connectivity index (χ1v) is 7.49. The Bertz CT molecular complexity index is 396. The van der Waals surface area contributed by atoms with Crippen LogP contribution in [0.25, 0.3) is 0 Å². The molecule has 0 spiro atoms. The fourth-order valence-electron chi connectivity index (χ4n) is 2.43. The molecule has 1 unspecified atom stereocenters. The Kier molecular flexibility index (Phi) is 4.27. The first-order valence-electron chi connectivity index (χ1n) is 6.50. The zero-order valence-corrected chi connectivity index (χ0v) is 11.4. The lowest BCUT2D eigenvalue weighted by molar-refractivity contribution is -0.121. The van der Waals surface area contributed by atoms with E-state index in [1.54, 1.807) is 0 Å². The number of thioether (sulfide) groups is 1. The molecule has 0 amide bonds. The predicted molar refractivity (Wildman–Crippen MR) is 73.6 cm³/mol. The lowest BCUT2D eigenvalue weighted by Crippen LogP contribution is -2.16. The van der Waals surface area contributed by atoms with Crippen molar-refractivity contribution in [1.29, 1.82) is 0 Å². The molecule has 1 aromatic rings. The Morgan fingerprint density at radius 1 is 1.35 bits per heavy atom. The van der Waals surface area contributed by atoms with E-state index in [4.69, 9.17) is 0 Å². The van der Waals surface area contributed by atoms with Gasteiger partial charge in [-0.2, -0.15) is 0 Å². The van der Waals surface area contributed by atoms with Gasteiger partial charge in [0.2, 0.25) is 0 Å². The number of benzene rings is 1. The summed E-state index contributed by atoms with van der Waals surface area (Å²) in [7, 11) is 0. The Morgan fingerprint density at radius 3 is 2.76 bits per heavy atom. The molecule has 1 nitrogen and oxygen atoms in total. The maximum Gasteiger partial charge on any atom is 0.141 e. The van der Waals surface area contributed by atoms with Gasteiger partial charge in [0.25, 0.3) is 0 Å². The summed E-state index contributed by atoms with van der Waals surface area (Å²) in [4.78, 5) is 13.6. The zero-order chi connectivity index (χ0) is 12.3. The highest BCUT2D eigenvalue weighted by Crippen LogP contribution is 2.40. The summed E-state index contributed by atoms with van der Waals surface area (Å²) in [5, 5.41) is 0. The number of hydrogen-bond donors (Lipinski definition) is 0. The lowest BCUT2D eigenvalue weighted by Gasteiger charge is -2.15. The van der Waals surface area contributed by atoms with Crippen LogP contribution in [0.5, 0.6) is 0 Å². The van der Waals surface area contributed by atoms with Crippen molar-refractivity contribution in [1.82, 2.24) is 0 Å². The molecule has 0 bridgehead atoms. The van der Waals surface area contributed by atoms with E-state index in [0.717, 1.165) is 25.0 Å². The Balaban J connectivity index is 2.07. The summed E-state index contributed by atoms with van der Waals surface area (Å²) in [5.74, 6) is 2.10. The second-order valence-electron chi connectivity index (χ2n) is 4.75. The van der Waals surface area contributed by atoms with Crippen LogP contribution in [0, 0.1) is 5.92 Å². The summed E-state index contributed by atoms with van der Waals surface area (Å²) in [6.45, 7) is 4.36. The van der Waals surface area contributed by atoms with Crippen LogP contribution in [0.1, 0.15) is 44.6 Å². The summed E-state index contributed by atoms with van der Waals surface area (Å²) in [6, 6.07) is 8.34. The third-order valence-electron chi connectivity index (χ3n) is 3.73. The Hall–Kier alpha value is -0.760. The molecule has 0 saturated carbocycles. The summed E-state index contributed by atoms with van der Waals surface area (Å²) in [5.41, 5.74) is 1.26. The molecule has 0 radical (unpaired) electrons. The number of hydrogen-bond acceptors (Lipinski definition) is 2.